The van der Waals surface area contributed by atoms with E-state index in [-0.39, 0.29) is 23.1 Å². The largest absolute Gasteiger partial charge is 0.450 e. The number of carbonyl (C=O) groups is 1. The van der Waals surface area contributed by atoms with Crippen LogP contribution in [0.3, 0.4) is 0 Å². The summed E-state index contributed by atoms with van der Waals surface area (Å²) in [6.45, 7) is 1.81. The molecule has 0 fully saturated rings. The second-order valence-corrected chi connectivity index (χ2v) is 4.70. The van der Waals surface area contributed by atoms with Crippen LogP contribution in [-0.4, -0.2) is 22.7 Å². The van der Waals surface area contributed by atoms with E-state index in [1.54, 1.807) is 6.92 Å². The van der Waals surface area contributed by atoms with Gasteiger partial charge < -0.3 is 10.1 Å². The average molecular weight is 326 g/mol. The number of nitrogens with one attached hydrogen (secondary N) is 2. The second kappa shape index (κ2) is 8.03. The third kappa shape index (κ3) is 5.25. The molecule has 10 heteroatoms. The zero-order valence-corrected chi connectivity index (χ0v) is 12.4. The average Bonchev–Trinajstić information content (AvgIpc) is 2.40. The molecular formula is C11H10N4O4S2. The lowest BCUT2D eigenvalue weighted by Crippen LogP contribution is -2.34. The van der Waals surface area contributed by atoms with Gasteiger partial charge in [0.1, 0.15) is 11.1 Å². The Hall–Kier alpha value is -2.38. The fourth-order valence-electron chi connectivity index (χ4n) is 1.30. The smallest absolute Gasteiger partial charge is 0.413 e. The number of alkyl carbamates (subject to hydrolysis) is 1. The molecule has 8 nitrogen and oxygen atoms in total. The maximum absolute atomic E-state index is 11.2. The molecule has 0 aliphatic carbocycles. The molecule has 110 valence electrons. The second-order valence-electron chi connectivity index (χ2n) is 3.43. The number of thiocyanates is 1. The number of nitro benzene ring substituents is 1. The Morgan fingerprint density at radius 3 is 2.90 bits per heavy atom. The summed E-state index contributed by atoms with van der Waals surface area (Å²) in [5, 5.41) is 26.0. The molecular weight excluding hydrogens is 316 g/mol. The van der Waals surface area contributed by atoms with Crippen LogP contribution in [0.5, 0.6) is 0 Å². The van der Waals surface area contributed by atoms with Gasteiger partial charge in [-0.3, -0.25) is 15.4 Å². The third-order valence-electron chi connectivity index (χ3n) is 2.07. The van der Waals surface area contributed by atoms with Crippen LogP contribution in [0.15, 0.2) is 23.1 Å². The Balaban J connectivity index is 2.87. The van der Waals surface area contributed by atoms with Crippen LogP contribution in [0.2, 0.25) is 0 Å². The number of nitro groups is 1. The summed E-state index contributed by atoms with van der Waals surface area (Å²) in [5.41, 5.74) is -0.160. The molecule has 21 heavy (non-hydrogen) atoms. The molecule has 0 aromatic heterocycles. The quantitative estimate of drug-likeness (QED) is 0.285. The summed E-state index contributed by atoms with van der Waals surface area (Å²) in [4.78, 5) is 22.0. The molecule has 0 aliphatic rings. The van der Waals surface area contributed by atoms with Crippen molar-refractivity contribution in [3.05, 3.63) is 28.3 Å². The summed E-state index contributed by atoms with van der Waals surface area (Å²) in [6, 6.07) is 4.16. The molecule has 1 aromatic rings. The van der Waals surface area contributed by atoms with Gasteiger partial charge in [-0.05, 0) is 43.0 Å². The Kier molecular flexibility index (Phi) is 6.38. The van der Waals surface area contributed by atoms with Gasteiger partial charge in [-0.25, -0.2) is 4.79 Å². The van der Waals surface area contributed by atoms with E-state index in [1.807, 2.05) is 5.40 Å². The van der Waals surface area contributed by atoms with Gasteiger partial charge in [-0.1, -0.05) is 0 Å². The number of nitriles is 1. The van der Waals surface area contributed by atoms with Crippen LogP contribution < -0.4 is 10.6 Å². The maximum atomic E-state index is 11.2. The van der Waals surface area contributed by atoms with E-state index in [2.05, 4.69) is 15.4 Å². The standard InChI is InChI=1S/C11H10N4O4S2/c1-2-19-11(16)14-10(20)13-8-4-3-7(21-6-12)5-9(8)15(17)18/h3-5H,2H2,1H3,(H2,13,14,16,20). The Bertz CT molecular complexity index is 615. The highest BCUT2D eigenvalue weighted by atomic mass is 32.2. The van der Waals surface area contributed by atoms with Gasteiger partial charge in [0.2, 0.25) is 0 Å². The van der Waals surface area contributed by atoms with Gasteiger partial charge >= 0.3 is 6.09 Å². The summed E-state index contributed by atoms with van der Waals surface area (Å²) in [5.74, 6) is 0. The SMILES string of the molecule is CCOC(=O)NC(=S)Nc1ccc(SC#N)cc1[N+](=O)[O-]. The molecule has 0 atom stereocenters. The molecule has 0 saturated heterocycles. The number of ether oxygens (including phenoxy) is 1. The Labute approximate surface area is 129 Å². The monoisotopic (exact) mass is 326 g/mol. The van der Waals surface area contributed by atoms with Gasteiger partial charge in [-0.2, -0.15) is 5.26 Å². The minimum Gasteiger partial charge on any atom is -0.450 e. The highest BCUT2D eigenvalue weighted by Gasteiger charge is 2.16. The summed E-state index contributed by atoms with van der Waals surface area (Å²) in [6.07, 6.45) is -0.755. The number of hydrogen-bond acceptors (Lipinski definition) is 7. The van der Waals surface area contributed by atoms with Crippen LogP contribution in [0.1, 0.15) is 6.92 Å². The first-order valence-corrected chi connectivity index (χ1v) is 6.79. The number of amides is 1. The first kappa shape index (κ1) is 16.7. The van der Waals surface area contributed by atoms with Crippen LogP contribution >= 0.6 is 24.0 Å². The van der Waals surface area contributed by atoms with Crippen LogP contribution in [0.4, 0.5) is 16.2 Å². The molecule has 0 unspecified atom stereocenters. The highest BCUT2D eigenvalue weighted by molar-refractivity contribution is 8.03. The van der Waals surface area contributed by atoms with E-state index < -0.39 is 11.0 Å². The van der Waals surface area contributed by atoms with E-state index >= 15 is 0 Å². The number of benzene rings is 1. The van der Waals surface area contributed by atoms with E-state index in [0.29, 0.717) is 4.90 Å². The topological polar surface area (TPSA) is 117 Å². The zero-order valence-electron chi connectivity index (χ0n) is 10.8. The summed E-state index contributed by atoms with van der Waals surface area (Å²) in [7, 11) is 0. The van der Waals surface area contributed by atoms with Crippen molar-refractivity contribution in [1.82, 2.24) is 5.32 Å². The molecule has 0 aliphatic heterocycles. The van der Waals surface area contributed by atoms with Crippen molar-refractivity contribution in [2.75, 3.05) is 11.9 Å². The first-order valence-electron chi connectivity index (χ1n) is 5.57. The van der Waals surface area contributed by atoms with Gasteiger partial charge in [0.25, 0.3) is 5.69 Å². The molecule has 1 amide bonds. The molecule has 2 N–H and O–H groups in total. The van der Waals surface area contributed by atoms with E-state index in [4.69, 9.17) is 17.5 Å². The predicted octanol–water partition coefficient (Wildman–Crippen LogP) is 2.61. The van der Waals surface area contributed by atoms with Gasteiger partial charge in [0.15, 0.2) is 5.11 Å². The van der Waals surface area contributed by atoms with Crippen molar-refractivity contribution in [3.63, 3.8) is 0 Å². The normalized spacial score (nSPS) is 9.33. The summed E-state index contributed by atoms with van der Waals surface area (Å²) >= 11 is 5.66. The number of carbonyl (C=O) groups excluding carboxylic acids is 1. The minimum atomic E-state index is -0.755. The van der Waals surface area contributed by atoms with Gasteiger partial charge in [0.05, 0.1) is 11.5 Å². The van der Waals surface area contributed by atoms with Crippen LogP contribution in [-0.2, 0) is 4.74 Å². The predicted molar refractivity (Wildman–Crippen MR) is 80.9 cm³/mol. The van der Waals surface area contributed by atoms with E-state index in [0.717, 1.165) is 11.8 Å². The number of thioether (sulfide) groups is 1. The number of thiocarbonyl (C=S) groups is 1. The lowest BCUT2D eigenvalue weighted by molar-refractivity contribution is -0.384. The molecule has 0 spiro atoms. The fourth-order valence-corrected chi connectivity index (χ4v) is 1.90. The van der Waals surface area contributed by atoms with E-state index in [1.165, 1.54) is 18.2 Å². The van der Waals surface area contributed by atoms with Gasteiger partial charge in [0, 0.05) is 11.0 Å². The van der Waals surface area contributed by atoms with Crippen molar-refractivity contribution in [2.24, 2.45) is 0 Å². The Morgan fingerprint density at radius 1 is 1.62 bits per heavy atom. The zero-order chi connectivity index (χ0) is 15.8. The molecule has 1 rings (SSSR count). The molecule has 0 bridgehead atoms. The molecule has 0 radical (unpaired) electrons. The number of anilines is 1. The lowest BCUT2D eigenvalue weighted by atomic mass is 10.2. The molecule has 0 heterocycles. The summed E-state index contributed by atoms with van der Waals surface area (Å²) < 4.78 is 4.63. The molecule has 0 saturated carbocycles. The third-order valence-corrected chi connectivity index (χ3v) is 2.85. The van der Waals surface area contributed by atoms with E-state index in [9.17, 15) is 14.9 Å². The van der Waals surface area contributed by atoms with Crippen molar-refractivity contribution < 1.29 is 14.5 Å². The number of hydrogen-bond donors (Lipinski definition) is 2. The van der Waals surface area contributed by atoms with Crippen molar-refractivity contribution >= 4 is 46.6 Å². The highest BCUT2D eigenvalue weighted by Crippen LogP contribution is 2.29. The van der Waals surface area contributed by atoms with Crippen molar-refractivity contribution in [3.8, 4) is 5.40 Å². The number of rotatable bonds is 4. The van der Waals surface area contributed by atoms with Crippen LogP contribution in [0, 0.1) is 20.8 Å². The first-order chi connectivity index (χ1) is 9.97. The minimum absolute atomic E-state index is 0.101. The number of nitrogens with zero attached hydrogens (tertiary/aromatic N) is 2. The Morgan fingerprint density at radius 2 is 2.33 bits per heavy atom. The van der Waals surface area contributed by atoms with Crippen molar-refractivity contribution in [2.45, 2.75) is 11.8 Å². The molecule has 1 aromatic carbocycles. The fraction of sp³-hybridized carbons (Fsp3) is 0.182. The van der Waals surface area contributed by atoms with Crippen LogP contribution in [0.25, 0.3) is 0 Å². The lowest BCUT2D eigenvalue weighted by Gasteiger charge is -2.10. The van der Waals surface area contributed by atoms with Gasteiger partial charge in [-0.15, -0.1) is 0 Å². The maximum Gasteiger partial charge on any atom is 0.413 e. The van der Waals surface area contributed by atoms with Crippen molar-refractivity contribution in [1.29, 1.82) is 5.26 Å².